The largest absolute Gasteiger partial charge is 0.496 e. The number of primary amides is 1. The molecule has 3 unspecified atom stereocenters. The minimum Gasteiger partial charge on any atom is -0.496 e. The number of hydrogen-bond donors (Lipinski definition) is 2. The number of amides is 1. The zero-order chi connectivity index (χ0) is 28.5. The number of nitrogens with zero attached hydrogens (tertiary/aromatic N) is 5. The van der Waals surface area contributed by atoms with Crippen LogP contribution in [0.4, 0.5) is 17.6 Å². The van der Waals surface area contributed by atoms with E-state index in [9.17, 15) is 22.4 Å². The Morgan fingerprint density at radius 3 is 2.50 bits per heavy atom. The van der Waals surface area contributed by atoms with Crippen molar-refractivity contribution in [1.29, 1.82) is 0 Å². The van der Waals surface area contributed by atoms with Crippen molar-refractivity contribution in [3.63, 3.8) is 0 Å². The third kappa shape index (κ3) is 5.31. The van der Waals surface area contributed by atoms with Crippen molar-refractivity contribution in [1.82, 2.24) is 10.2 Å². The molecule has 2 aromatic rings. The van der Waals surface area contributed by atoms with E-state index in [-0.39, 0.29) is 47.8 Å². The summed E-state index contributed by atoms with van der Waals surface area (Å²) in [6.45, 7) is 1.68. The zero-order valence-electron chi connectivity index (χ0n) is 21.9. The van der Waals surface area contributed by atoms with E-state index in [0.29, 0.717) is 17.9 Å². The molecule has 13 heteroatoms. The molecule has 40 heavy (non-hydrogen) atoms. The fourth-order valence-electron chi connectivity index (χ4n) is 6.33. The Bertz CT molecular complexity index is 1270. The van der Waals surface area contributed by atoms with Crippen LogP contribution in [-0.4, -0.2) is 49.3 Å². The van der Waals surface area contributed by atoms with Gasteiger partial charge in [-0.3, -0.25) is 9.69 Å². The van der Waals surface area contributed by atoms with Gasteiger partial charge in [0.05, 0.1) is 13.2 Å². The van der Waals surface area contributed by atoms with E-state index in [1.54, 1.807) is 12.1 Å². The molecule has 9 nitrogen and oxygen atoms in total. The van der Waals surface area contributed by atoms with E-state index >= 15 is 0 Å². The molecule has 0 aromatic heterocycles. The van der Waals surface area contributed by atoms with E-state index < -0.39 is 11.8 Å². The Balaban J connectivity index is 1.39. The van der Waals surface area contributed by atoms with Crippen LogP contribution in [0.25, 0.3) is 0 Å². The molecule has 1 amide bonds. The molecule has 214 valence electrons. The highest BCUT2D eigenvalue weighted by molar-refractivity contribution is 5.80. The molecular weight excluding hydrogens is 530 g/mol. The van der Waals surface area contributed by atoms with Crippen molar-refractivity contribution in [2.24, 2.45) is 32.3 Å². The van der Waals surface area contributed by atoms with Gasteiger partial charge in [0.2, 0.25) is 5.91 Å². The highest BCUT2D eigenvalue weighted by Crippen LogP contribution is 2.47. The zero-order valence-corrected chi connectivity index (χ0v) is 21.9. The Morgan fingerprint density at radius 1 is 1.12 bits per heavy atom. The van der Waals surface area contributed by atoms with Gasteiger partial charge < -0.3 is 15.8 Å². The average Bonchev–Trinajstić information content (AvgIpc) is 3.68. The monoisotopic (exact) mass is 561 g/mol. The fourth-order valence-corrected chi connectivity index (χ4v) is 6.33. The number of nitrogens with two attached hydrogens (primary N) is 1. The Labute approximate surface area is 228 Å². The number of methoxy groups -OCH3 is 1. The molecule has 4 atom stereocenters. The van der Waals surface area contributed by atoms with Crippen LogP contribution in [0.5, 0.6) is 5.75 Å². The summed E-state index contributed by atoms with van der Waals surface area (Å²) in [7, 11) is 1.45. The van der Waals surface area contributed by atoms with Gasteiger partial charge in [0, 0.05) is 36.2 Å². The van der Waals surface area contributed by atoms with Gasteiger partial charge >= 0.3 is 11.8 Å². The normalized spacial score (nSPS) is 26.0. The third-order valence-electron chi connectivity index (χ3n) is 8.26. The second kappa shape index (κ2) is 11.2. The van der Waals surface area contributed by atoms with E-state index in [4.69, 9.17) is 10.5 Å². The van der Waals surface area contributed by atoms with Crippen molar-refractivity contribution in [2.45, 2.75) is 62.1 Å². The SMILES string of the molecule is COc1ccc(C2(C(F)(F)F)N=NN=N2)cc1CNC1CCC(CN2CCC[C@H]2C(N)=O)C1c1ccc(F)cc1. The van der Waals surface area contributed by atoms with Crippen molar-refractivity contribution in [2.75, 3.05) is 20.2 Å². The van der Waals surface area contributed by atoms with Gasteiger partial charge in [0.25, 0.3) is 0 Å². The van der Waals surface area contributed by atoms with Crippen molar-refractivity contribution < 1.29 is 27.1 Å². The lowest BCUT2D eigenvalue weighted by atomic mass is 9.86. The first kappa shape index (κ1) is 28.1. The van der Waals surface area contributed by atoms with Gasteiger partial charge in [-0.25, -0.2) is 4.39 Å². The molecule has 1 saturated carbocycles. The summed E-state index contributed by atoms with van der Waals surface area (Å²) in [4.78, 5) is 14.1. The Hall–Kier alpha value is -3.45. The molecule has 1 saturated heterocycles. The number of rotatable bonds is 9. The maximum atomic E-state index is 14.0. The van der Waals surface area contributed by atoms with E-state index in [0.717, 1.165) is 37.8 Å². The summed E-state index contributed by atoms with van der Waals surface area (Å²) in [5.74, 6) is -0.0903. The van der Waals surface area contributed by atoms with Crippen LogP contribution in [0.15, 0.2) is 63.1 Å². The van der Waals surface area contributed by atoms with Crippen LogP contribution < -0.4 is 15.8 Å². The summed E-state index contributed by atoms with van der Waals surface area (Å²) < 4.78 is 61.2. The predicted octanol–water partition coefficient (Wildman–Crippen LogP) is 4.98. The quantitative estimate of drug-likeness (QED) is 0.420. The van der Waals surface area contributed by atoms with Crippen LogP contribution in [0.3, 0.4) is 0 Å². The fraction of sp³-hybridized carbons (Fsp3) is 0.519. The van der Waals surface area contributed by atoms with Gasteiger partial charge in [-0.2, -0.15) is 13.2 Å². The standard InChI is InChI=1S/C27H31F4N7O2/c1-40-23-11-7-19(26(27(29,30)31)34-36-37-35-26)13-18(23)14-33-21-10-6-17(15-38-12-2-3-22(38)25(32)39)24(21)16-4-8-20(28)9-5-16/h4-5,7-9,11,13,17,21-22,24,33H,2-3,6,10,12,14-15H2,1H3,(H2,32,39)/t17?,21?,22-,24?/m0/s1. The molecule has 3 N–H and O–H groups in total. The molecule has 0 radical (unpaired) electrons. The maximum absolute atomic E-state index is 14.0. The molecule has 3 aliphatic rings. The van der Waals surface area contributed by atoms with Crippen LogP contribution in [0, 0.1) is 11.7 Å². The number of carbonyl (C=O) groups excluding carboxylic acids is 1. The summed E-state index contributed by atoms with van der Waals surface area (Å²) >= 11 is 0. The number of nitrogens with one attached hydrogen (secondary N) is 1. The summed E-state index contributed by atoms with van der Waals surface area (Å²) in [5, 5.41) is 16.4. The van der Waals surface area contributed by atoms with E-state index in [1.165, 1.54) is 37.4 Å². The summed E-state index contributed by atoms with van der Waals surface area (Å²) in [5.41, 5.74) is 3.99. The first-order valence-corrected chi connectivity index (χ1v) is 13.2. The molecule has 0 spiro atoms. The van der Waals surface area contributed by atoms with Crippen molar-refractivity contribution in [3.8, 4) is 5.75 Å². The highest BCUT2D eigenvalue weighted by Gasteiger charge is 2.60. The number of alkyl halides is 3. The second-order valence-electron chi connectivity index (χ2n) is 10.5. The van der Waals surface area contributed by atoms with Crippen LogP contribution >= 0.6 is 0 Å². The van der Waals surface area contributed by atoms with Crippen LogP contribution in [-0.2, 0) is 17.0 Å². The van der Waals surface area contributed by atoms with Gasteiger partial charge in [-0.1, -0.05) is 18.2 Å². The first-order valence-electron chi connectivity index (χ1n) is 13.2. The average molecular weight is 562 g/mol. The minimum atomic E-state index is -4.83. The molecule has 2 aliphatic heterocycles. The third-order valence-corrected chi connectivity index (χ3v) is 8.26. The lowest BCUT2D eigenvalue weighted by Crippen LogP contribution is -2.43. The number of carbonyl (C=O) groups is 1. The number of halogens is 4. The topological polar surface area (TPSA) is 117 Å². The van der Waals surface area contributed by atoms with E-state index in [1.807, 2.05) is 0 Å². The molecule has 2 aromatic carbocycles. The number of likely N-dealkylation sites (tertiary alicyclic amines) is 1. The second-order valence-corrected chi connectivity index (χ2v) is 10.5. The lowest BCUT2D eigenvalue weighted by molar-refractivity contribution is -0.187. The number of hydrogen-bond acceptors (Lipinski definition) is 8. The van der Waals surface area contributed by atoms with Gasteiger partial charge in [-0.05, 0) is 78.4 Å². The van der Waals surface area contributed by atoms with Crippen LogP contribution in [0.1, 0.15) is 48.3 Å². The van der Waals surface area contributed by atoms with Gasteiger partial charge in [-0.15, -0.1) is 10.2 Å². The Morgan fingerprint density at radius 2 is 1.85 bits per heavy atom. The Kier molecular flexibility index (Phi) is 7.87. The van der Waals surface area contributed by atoms with Gasteiger partial charge in [0.1, 0.15) is 11.6 Å². The summed E-state index contributed by atoms with van der Waals surface area (Å²) in [6.07, 6.45) is -1.55. The van der Waals surface area contributed by atoms with E-state index in [2.05, 4.69) is 30.9 Å². The molecule has 1 aliphatic carbocycles. The number of benzene rings is 2. The molecule has 2 fully saturated rings. The van der Waals surface area contributed by atoms with Crippen molar-refractivity contribution in [3.05, 3.63) is 65.0 Å². The highest BCUT2D eigenvalue weighted by atomic mass is 19.4. The molecule has 2 heterocycles. The van der Waals surface area contributed by atoms with Crippen molar-refractivity contribution >= 4 is 5.91 Å². The molecule has 5 rings (SSSR count). The number of ether oxygens (including phenoxy) is 1. The predicted molar refractivity (Wildman–Crippen MR) is 137 cm³/mol. The molecule has 0 bridgehead atoms. The smallest absolute Gasteiger partial charge is 0.442 e. The minimum absolute atomic E-state index is 0.0112. The summed E-state index contributed by atoms with van der Waals surface area (Å²) in [6, 6.07) is 10.1. The molecular formula is C27H31F4N7O2. The van der Waals surface area contributed by atoms with Gasteiger partial charge in [0.15, 0.2) is 0 Å². The van der Waals surface area contributed by atoms with Crippen LogP contribution in [0.2, 0.25) is 0 Å². The lowest BCUT2D eigenvalue weighted by Gasteiger charge is -2.31. The maximum Gasteiger partial charge on any atom is 0.442 e. The first-order chi connectivity index (χ1) is 19.1.